The van der Waals surface area contributed by atoms with E-state index in [4.69, 9.17) is 14.3 Å². The molecule has 214 valence electrons. The SMILES string of the molecule is COc1ccc(COc2cn(OC(c3ccccc3)c3ccccc3)c(CN3C(=O)c4ccccc4C3=O)cc2=O)cc1. The van der Waals surface area contributed by atoms with Gasteiger partial charge < -0.3 is 14.3 Å². The maximum Gasteiger partial charge on any atom is 0.261 e. The first-order valence-corrected chi connectivity index (χ1v) is 13.8. The molecular formula is C35H28N2O6. The van der Waals surface area contributed by atoms with E-state index in [1.165, 1.54) is 17.0 Å². The third-order valence-corrected chi connectivity index (χ3v) is 7.23. The van der Waals surface area contributed by atoms with Crippen LogP contribution in [0.15, 0.2) is 126 Å². The minimum Gasteiger partial charge on any atom is -0.497 e. The lowest BCUT2D eigenvalue weighted by Gasteiger charge is -2.25. The summed E-state index contributed by atoms with van der Waals surface area (Å²) in [7, 11) is 1.59. The monoisotopic (exact) mass is 572 g/mol. The van der Waals surface area contributed by atoms with E-state index in [0.717, 1.165) is 21.6 Å². The second-order valence-corrected chi connectivity index (χ2v) is 10.0. The van der Waals surface area contributed by atoms with Crippen molar-refractivity contribution in [1.29, 1.82) is 0 Å². The summed E-state index contributed by atoms with van der Waals surface area (Å²) < 4.78 is 12.6. The van der Waals surface area contributed by atoms with Crippen molar-refractivity contribution < 1.29 is 23.9 Å². The van der Waals surface area contributed by atoms with Gasteiger partial charge in [-0.1, -0.05) is 84.9 Å². The second-order valence-electron chi connectivity index (χ2n) is 10.0. The molecule has 6 rings (SSSR count). The average molecular weight is 573 g/mol. The molecule has 1 aromatic heterocycles. The van der Waals surface area contributed by atoms with Crippen LogP contribution in [-0.2, 0) is 13.2 Å². The van der Waals surface area contributed by atoms with Crippen molar-refractivity contribution in [3.63, 3.8) is 0 Å². The molecular weight excluding hydrogens is 544 g/mol. The number of benzene rings is 4. The Hall–Kier alpha value is -5.63. The van der Waals surface area contributed by atoms with Gasteiger partial charge in [-0.2, -0.15) is 4.73 Å². The summed E-state index contributed by atoms with van der Waals surface area (Å²) in [5.41, 5.74) is 3.15. The molecule has 2 amide bonds. The highest BCUT2D eigenvalue weighted by Crippen LogP contribution is 2.27. The lowest BCUT2D eigenvalue weighted by Crippen LogP contribution is -2.33. The Morgan fingerprint density at radius 1 is 0.698 bits per heavy atom. The number of hydrogen-bond donors (Lipinski definition) is 0. The van der Waals surface area contributed by atoms with Gasteiger partial charge in [0.05, 0.1) is 36.7 Å². The molecule has 0 N–H and O–H groups in total. The Labute approximate surface area is 248 Å². The fourth-order valence-electron chi connectivity index (χ4n) is 4.97. The van der Waals surface area contributed by atoms with Crippen molar-refractivity contribution in [2.75, 3.05) is 7.11 Å². The lowest BCUT2D eigenvalue weighted by atomic mass is 10.0. The highest BCUT2D eigenvalue weighted by Gasteiger charge is 2.36. The minimum atomic E-state index is -0.569. The molecule has 0 fully saturated rings. The van der Waals surface area contributed by atoms with Gasteiger partial charge in [-0.3, -0.25) is 19.3 Å². The topological polar surface area (TPSA) is 87.1 Å². The van der Waals surface area contributed by atoms with Crippen molar-refractivity contribution in [3.05, 3.63) is 165 Å². The Morgan fingerprint density at radius 2 is 1.26 bits per heavy atom. The van der Waals surface area contributed by atoms with E-state index in [9.17, 15) is 14.4 Å². The number of imide groups is 1. The Kier molecular flexibility index (Phi) is 7.74. The molecule has 8 nitrogen and oxygen atoms in total. The average Bonchev–Trinajstić information content (AvgIpc) is 3.29. The van der Waals surface area contributed by atoms with Crippen molar-refractivity contribution >= 4 is 11.8 Å². The molecule has 4 aromatic carbocycles. The summed E-state index contributed by atoms with van der Waals surface area (Å²) in [6.45, 7) is -0.0333. The molecule has 43 heavy (non-hydrogen) atoms. The fraction of sp³-hybridized carbons (Fsp3) is 0.114. The van der Waals surface area contributed by atoms with E-state index in [1.54, 1.807) is 31.4 Å². The first-order chi connectivity index (χ1) is 21.0. The van der Waals surface area contributed by atoms with Gasteiger partial charge in [-0.15, -0.1) is 0 Å². The standard InChI is InChI=1S/C35H28N2O6/c1-41-28-18-16-24(17-19-28)23-42-32-22-37(43-33(25-10-4-2-5-11-25)26-12-6-3-7-13-26)27(20-31(32)38)21-36-34(39)29-14-8-9-15-30(29)35(36)40/h2-20,22,33H,21,23H2,1H3. The van der Waals surface area contributed by atoms with Crippen LogP contribution in [0.3, 0.4) is 0 Å². The quantitative estimate of drug-likeness (QED) is 0.207. The number of carbonyl (C=O) groups excluding carboxylic acids is 2. The van der Waals surface area contributed by atoms with Gasteiger partial charge in [0, 0.05) is 6.07 Å². The number of pyridine rings is 1. The van der Waals surface area contributed by atoms with Gasteiger partial charge in [0.1, 0.15) is 12.4 Å². The zero-order valence-electron chi connectivity index (χ0n) is 23.4. The zero-order chi connectivity index (χ0) is 29.8. The van der Waals surface area contributed by atoms with E-state index in [-0.39, 0.29) is 18.9 Å². The van der Waals surface area contributed by atoms with Crippen LogP contribution in [0, 0.1) is 0 Å². The number of nitrogens with zero attached hydrogens (tertiary/aromatic N) is 2. The Bertz CT molecular complexity index is 1740. The van der Waals surface area contributed by atoms with E-state index < -0.39 is 23.3 Å². The highest BCUT2D eigenvalue weighted by molar-refractivity contribution is 6.21. The third-order valence-electron chi connectivity index (χ3n) is 7.23. The number of carbonyl (C=O) groups is 2. The first kappa shape index (κ1) is 27.5. The summed E-state index contributed by atoms with van der Waals surface area (Å²) in [5.74, 6) is -0.0871. The number of methoxy groups -OCH3 is 1. The molecule has 5 aromatic rings. The van der Waals surface area contributed by atoms with Crippen LogP contribution in [0.4, 0.5) is 0 Å². The summed E-state index contributed by atoms with van der Waals surface area (Å²) in [6, 6.07) is 34.7. The summed E-state index contributed by atoms with van der Waals surface area (Å²) >= 11 is 0. The lowest BCUT2D eigenvalue weighted by molar-refractivity contribution is 0.0442. The molecule has 0 unspecified atom stereocenters. The van der Waals surface area contributed by atoms with E-state index in [2.05, 4.69) is 0 Å². The maximum atomic E-state index is 13.3. The molecule has 0 bridgehead atoms. The fourth-order valence-corrected chi connectivity index (χ4v) is 4.97. The van der Waals surface area contributed by atoms with Crippen molar-refractivity contribution in [1.82, 2.24) is 9.63 Å². The Balaban J connectivity index is 1.37. The van der Waals surface area contributed by atoms with Crippen LogP contribution < -0.4 is 19.7 Å². The molecule has 0 saturated heterocycles. The van der Waals surface area contributed by atoms with Crippen molar-refractivity contribution in [2.24, 2.45) is 0 Å². The summed E-state index contributed by atoms with van der Waals surface area (Å²) in [4.78, 5) is 47.4. The van der Waals surface area contributed by atoms with Crippen molar-refractivity contribution in [3.8, 4) is 11.5 Å². The molecule has 0 atom stereocenters. The highest BCUT2D eigenvalue weighted by atomic mass is 16.7. The molecule has 0 saturated carbocycles. The Morgan fingerprint density at radius 3 is 1.81 bits per heavy atom. The summed E-state index contributed by atoms with van der Waals surface area (Å²) in [5, 5.41) is 0. The normalized spacial score (nSPS) is 12.4. The second kappa shape index (κ2) is 12.1. The van der Waals surface area contributed by atoms with E-state index >= 15 is 0 Å². The maximum absolute atomic E-state index is 13.3. The summed E-state index contributed by atoms with van der Waals surface area (Å²) in [6.07, 6.45) is 0.901. The van der Waals surface area contributed by atoms with Crippen LogP contribution in [0.1, 0.15) is 49.2 Å². The van der Waals surface area contributed by atoms with Crippen LogP contribution in [0.25, 0.3) is 0 Å². The number of ether oxygens (including phenoxy) is 2. The van der Waals surface area contributed by atoms with Gasteiger partial charge in [-0.25, -0.2) is 0 Å². The molecule has 1 aliphatic rings. The van der Waals surface area contributed by atoms with Crippen LogP contribution in [0.2, 0.25) is 0 Å². The van der Waals surface area contributed by atoms with Crippen LogP contribution in [0.5, 0.6) is 11.5 Å². The van der Waals surface area contributed by atoms with Crippen molar-refractivity contribution in [2.45, 2.75) is 19.3 Å². The molecule has 0 spiro atoms. The number of rotatable bonds is 10. The number of hydrogen-bond acceptors (Lipinski definition) is 6. The molecule has 0 radical (unpaired) electrons. The van der Waals surface area contributed by atoms with E-state index in [0.29, 0.717) is 22.6 Å². The largest absolute Gasteiger partial charge is 0.497 e. The van der Waals surface area contributed by atoms with Gasteiger partial charge in [0.2, 0.25) is 5.43 Å². The van der Waals surface area contributed by atoms with Crippen LogP contribution >= 0.6 is 0 Å². The predicted octanol–water partition coefficient (Wildman–Crippen LogP) is 5.45. The predicted molar refractivity (Wildman–Crippen MR) is 160 cm³/mol. The minimum absolute atomic E-state index is 0.0572. The van der Waals surface area contributed by atoms with Crippen LogP contribution in [-0.4, -0.2) is 28.6 Å². The molecule has 2 heterocycles. The first-order valence-electron chi connectivity index (χ1n) is 13.8. The van der Waals surface area contributed by atoms with Gasteiger partial charge >= 0.3 is 0 Å². The van der Waals surface area contributed by atoms with Gasteiger partial charge in [0.25, 0.3) is 11.8 Å². The number of amides is 2. The zero-order valence-corrected chi connectivity index (χ0v) is 23.4. The molecule has 8 heteroatoms. The number of fused-ring (bicyclic) bond motifs is 1. The number of aromatic nitrogens is 1. The third kappa shape index (κ3) is 5.76. The smallest absolute Gasteiger partial charge is 0.261 e. The van der Waals surface area contributed by atoms with E-state index in [1.807, 2.05) is 84.9 Å². The molecule has 0 aliphatic carbocycles. The van der Waals surface area contributed by atoms with Gasteiger partial charge in [-0.05, 0) is 41.0 Å². The van der Waals surface area contributed by atoms with Gasteiger partial charge in [0.15, 0.2) is 11.9 Å². The molecule has 1 aliphatic heterocycles.